The number of carbonyl (C=O) groups is 2. The number of fused-ring (bicyclic) bond motifs is 3. The van der Waals surface area contributed by atoms with Crippen LogP contribution in [0, 0.1) is 17.7 Å². The van der Waals surface area contributed by atoms with Gasteiger partial charge in [-0.05, 0) is 61.1 Å². The molecule has 2 aliphatic carbocycles. The van der Waals surface area contributed by atoms with Crippen LogP contribution in [0.5, 0.6) is 0 Å². The Bertz CT molecular complexity index is 1070. The highest BCUT2D eigenvalue weighted by molar-refractivity contribution is 8.16. The number of nitrogens with zero attached hydrogens (tertiary/aromatic N) is 2. The van der Waals surface area contributed by atoms with Crippen LogP contribution in [0.25, 0.3) is 0 Å². The SMILES string of the molecule is COC(=O)C1=C(C)N=C2SC=C(CC(=O)NC3CC4CCC3C4)N2C1c1cccc(F)c1. The molecule has 2 fully saturated rings. The van der Waals surface area contributed by atoms with Crippen molar-refractivity contribution in [1.82, 2.24) is 10.2 Å². The molecule has 1 aromatic carbocycles. The zero-order chi connectivity index (χ0) is 22.4. The van der Waals surface area contributed by atoms with Gasteiger partial charge in [0.25, 0.3) is 0 Å². The van der Waals surface area contributed by atoms with Crippen LogP contribution < -0.4 is 5.32 Å². The van der Waals surface area contributed by atoms with Gasteiger partial charge in [-0.3, -0.25) is 4.79 Å². The Morgan fingerprint density at radius 2 is 2.16 bits per heavy atom. The first-order chi connectivity index (χ1) is 15.4. The quantitative estimate of drug-likeness (QED) is 0.672. The first-order valence-corrected chi connectivity index (χ1v) is 11.9. The van der Waals surface area contributed by atoms with Crippen molar-refractivity contribution in [3.8, 4) is 0 Å². The predicted octanol–water partition coefficient (Wildman–Crippen LogP) is 4.27. The average Bonchev–Trinajstić information content (AvgIpc) is 3.48. The highest BCUT2D eigenvalue weighted by Crippen LogP contribution is 2.46. The number of ether oxygens (including phenoxy) is 1. The first kappa shape index (κ1) is 21.2. The fourth-order valence-electron chi connectivity index (χ4n) is 5.58. The summed E-state index contributed by atoms with van der Waals surface area (Å²) in [4.78, 5) is 32.1. The van der Waals surface area contributed by atoms with Crippen molar-refractivity contribution in [2.24, 2.45) is 16.8 Å². The second kappa shape index (κ2) is 8.39. The molecular formula is C24H26FN3O3S. The van der Waals surface area contributed by atoms with Gasteiger partial charge < -0.3 is 15.0 Å². The number of amidine groups is 1. The molecule has 0 spiro atoms. The highest BCUT2D eigenvalue weighted by atomic mass is 32.2. The second-order valence-electron chi connectivity index (χ2n) is 8.97. The van der Waals surface area contributed by atoms with Crippen LogP contribution in [0.2, 0.25) is 0 Å². The molecule has 8 heteroatoms. The molecule has 5 rings (SSSR count). The van der Waals surface area contributed by atoms with E-state index < -0.39 is 12.0 Å². The van der Waals surface area contributed by atoms with E-state index in [1.54, 1.807) is 19.1 Å². The second-order valence-corrected chi connectivity index (χ2v) is 9.80. The molecule has 4 atom stereocenters. The van der Waals surface area contributed by atoms with Crippen LogP contribution >= 0.6 is 11.8 Å². The number of hydrogen-bond donors (Lipinski definition) is 1. The number of amides is 1. The van der Waals surface area contributed by atoms with E-state index in [0.29, 0.717) is 27.9 Å². The third-order valence-corrected chi connectivity index (χ3v) is 7.89. The Labute approximate surface area is 191 Å². The monoisotopic (exact) mass is 455 g/mol. The van der Waals surface area contributed by atoms with Crippen LogP contribution in [-0.4, -0.2) is 35.1 Å². The third kappa shape index (κ3) is 3.74. The molecular weight excluding hydrogens is 429 g/mol. The Kier molecular flexibility index (Phi) is 5.57. The molecule has 6 nitrogen and oxygen atoms in total. The summed E-state index contributed by atoms with van der Waals surface area (Å²) in [5.41, 5.74) is 2.24. The summed E-state index contributed by atoms with van der Waals surface area (Å²) in [6.07, 6.45) is 4.95. The minimum atomic E-state index is -0.609. The number of benzene rings is 1. The number of hydrogen-bond acceptors (Lipinski definition) is 6. The van der Waals surface area contributed by atoms with Gasteiger partial charge in [0.1, 0.15) is 5.82 Å². The number of rotatable bonds is 5. The van der Waals surface area contributed by atoms with Gasteiger partial charge in [-0.2, -0.15) is 0 Å². The number of esters is 1. The van der Waals surface area contributed by atoms with E-state index in [9.17, 15) is 14.0 Å². The number of aliphatic imine (C=N–C) groups is 1. The number of methoxy groups -OCH3 is 1. The topological polar surface area (TPSA) is 71.0 Å². The van der Waals surface area contributed by atoms with Crippen molar-refractivity contribution in [3.05, 3.63) is 58.0 Å². The zero-order valence-electron chi connectivity index (χ0n) is 18.1. The summed E-state index contributed by atoms with van der Waals surface area (Å²) in [7, 11) is 1.32. The molecule has 4 aliphatic rings. The van der Waals surface area contributed by atoms with Crippen LogP contribution in [0.1, 0.15) is 50.6 Å². The molecule has 4 unspecified atom stereocenters. The number of thioether (sulfide) groups is 1. The summed E-state index contributed by atoms with van der Waals surface area (Å²) in [6.45, 7) is 1.75. The average molecular weight is 456 g/mol. The summed E-state index contributed by atoms with van der Waals surface area (Å²) >= 11 is 1.41. The Balaban J connectivity index is 1.42. The van der Waals surface area contributed by atoms with Gasteiger partial charge in [0.05, 0.1) is 30.8 Å². The molecule has 0 radical (unpaired) electrons. The van der Waals surface area contributed by atoms with E-state index in [-0.39, 0.29) is 24.2 Å². The van der Waals surface area contributed by atoms with Crippen molar-refractivity contribution in [2.75, 3.05) is 7.11 Å². The standard InChI is InChI=1S/C24H26FN3O3S/c1-13-21(23(30)31-2)22(16-4-3-5-17(25)10-16)28-18(12-32-24(28)26-13)11-20(29)27-19-9-14-6-7-15(19)8-14/h3-5,10,12,14-15,19,22H,6-9,11H2,1-2H3,(H,27,29). The predicted molar refractivity (Wildman–Crippen MR) is 121 cm³/mol. The first-order valence-electron chi connectivity index (χ1n) is 11.0. The Morgan fingerprint density at radius 1 is 1.31 bits per heavy atom. The molecule has 32 heavy (non-hydrogen) atoms. The van der Waals surface area contributed by atoms with Crippen molar-refractivity contribution in [1.29, 1.82) is 0 Å². The number of halogens is 1. The van der Waals surface area contributed by atoms with Crippen LogP contribution in [0.4, 0.5) is 4.39 Å². The van der Waals surface area contributed by atoms with Crippen LogP contribution in [-0.2, 0) is 14.3 Å². The lowest BCUT2D eigenvalue weighted by atomic mass is 9.93. The summed E-state index contributed by atoms with van der Waals surface area (Å²) in [5.74, 6) is 0.418. The summed E-state index contributed by atoms with van der Waals surface area (Å²) < 4.78 is 19.1. The molecule has 2 bridgehead atoms. The molecule has 2 saturated carbocycles. The maximum absolute atomic E-state index is 14.1. The maximum atomic E-state index is 14.1. The largest absolute Gasteiger partial charge is 0.466 e. The van der Waals surface area contributed by atoms with Crippen molar-refractivity contribution in [3.63, 3.8) is 0 Å². The van der Waals surface area contributed by atoms with Gasteiger partial charge in [-0.15, -0.1) is 0 Å². The Morgan fingerprint density at radius 3 is 2.84 bits per heavy atom. The maximum Gasteiger partial charge on any atom is 0.338 e. The van der Waals surface area contributed by atoms with E-state index in [1.807, 2.05) is 10.3 Å². The molecule has 2 aliphatic heterocycles. The lowest BCUT2D eigenvalue weighted by Crippen LogP contribution is -2.41. The molecule has 0 aromatic heterocycles. The van der Waals surface area contributed by atoms with E-state index >= 15 is 0 Å². The van der Waals surface area contributed by atoms with Gasteiger partial charge >= 0.3 is 5.97 Å². The molecule has 168 valence electrons. The normalized spacial score (nSPS) is 28.4. The number of nitrogens with one attached hydrogen (secondary N) is 1. The van der Waals surface area contributed by atoms with Crippen molar-refractivity contribution < 1.29 is 18.7 Å². The lowest BCUT2D eigenvalue weighted by Gasteiger charge is -2.36. The van der Waals surface area contributed by atoms with Crippen LogP contribution in [0.15, 0.2) is 51.6 Å². The van der Waals surface area contributed by atoms with E-state index in [4.69, 9.17) is 4.74 Å². The van der Waals surface area contributed by atoms with E-state index in [1.165, 1.54) is 50.3 Å². The Hall–Kier alpha value is -2.61. The van der Waals surface area contributed by atoms with Gasteiger partial charge in [-0.1, -0.05) is 30.3 Å². The fraction of sp³-hybridized carbons (Fsp3) is 0.458. The summed E-state index contributed by atoms with van der Waals surface area (Å²) in [5, 5.41) is 5.81. The minimum absolute atomic E-state index is 0.0282. The molecule has 2 heterocycles. The zero-order valence-corrected chi connectivity index (χ0v) is 19.0. The summed E-state index contributed by atoms with van der Waals surface area (Å²) in [6, 6.07) is 5.84. The van der Waals surface area contributed by atoms with E-state index in [2.05, 4.69) is 10.3 Å². The van der Waals surface area contributed by atoms with Gasteiger partial charge in [0.2, 0.25) is 5.91 Å². The smallest absolute Gasteiger partial charge is 0.338 e. The molecule has 1 amide bonds. The van der Waals surface area contributed by atoms with Gasteiger partial charge in [0.15, 0.2) is 5.17 Å². The lowest BCUT2D eigenvalue weighted by molar-refractivity contribution is -0.136. The van der Waals surface area contributed by atoms with Crippen molar-refractivity contribution in [2.45, 2.75) is 51.1 Å². The highest BCUT2D eigenvalue weighted by Gasteiger charge is 2.43. The fourth-order valence-corrected chi connectivity index (χ4v) is 6.54. The third-order valence-electron chi connectivity index (χ3n) is 7.00. The minimum Gasteiger partial charge on any atom is -0.466 e. The van der Waals surface area contributed by atoms with Crippen molar-refractivity contribution >= 4 is 28.8 Å². The molecule has 1 aromatic rings. The molecule has 0 saturated heterocycles. The number of carbonyl (C=O) groups excluding carboxylic acids is 2. The van der Waals surface area contributed by atoms with Gasteiger partial charge in [-0.25, -0.2) is 14.2 Å². The number of allylic oxidation sites excluding steroid dienone is 1. The van der Waals surface area contributed by atoms with E-state index in [0.717, 1.165) is 18.0 Å². The molecule has 1 N–H and O–H groups in total. The van der Waals surface area contributed by atoms with Gasteiger partial charge in [0, 0.05) is 11.7 Å². The van der Waals surface area contributed by atoms with Crippen LogP contribution in [0.3, 0.4) is 0 Å².